The predicted molar refractivity (Wildman–Crippen MR) is 134 cm³/mol. The van der Waals surface area contributed by atoms with E-state index in [0.717, 1.165) is 69.4 Å². The number of hydrogen-bond acceptors (Lipinski definition) is 5. The second-order valence-electron chi connectivity index (χ2n) is 10.2. The summed E-state index contributed by atoms with van der Waals surface area (Å²) >= 11 is 0. The van der Waals surface area contributed by atoms with Crippen molar-refractivity contribution in [3.8, 4) is 0 Å². The molecule has 2 aliphatic heterocycles. The van der Waals surface area contributed by atoms with Gasteiger partial charge in [0, 0.05) is 38.3 Å². The maximum absolute atomic E-state index is 13.0. The molecule has 3 heterocycles. The standard InChI is InChI=1S/C26H37N5O3/c1-18-13-19(2)17-30(16-18)11-6-10-27-24(32)15-25(33)28-20-8-9-22-21(14-20)26(34)31-12-5-3-4-7-23(31)29-22/h8-9,14,18-19H,3-7,10-13,15-17H2,1-2H3,(H,27,32)(H,28,33)/t18-,19+. The molecule has 0 aliphatic carbocycles. The summed E-state index contributed by atoms with van der Waals surface area (Å²) in [6, 6.07) is 5.17. The lowest BCUT2D eigenvalue weighted by molar-refractivity contribution is -0.126. The van der Waals surface area contributed by atoms with Crippen LogP contribution >= 0.6 is 0 Å². The first-order valence-corrected chi connectivity index (χ1v) is 12.7. The van der Waals surface area contributed by atoms with Gasteiger partial charge in [-0.3, -0.25) is 19.0 Å². The molecule has 1 aromatic heterocycles. The molecule has 184 valence electrons. The maximum atomic E-state index is 13.0. The lowest BCUT2D eigenvalue weighted by atomic mass is 9.92. The first-order chi connectivity index (χ1) is 16.4. The quantitative estimate of drug-likeness (QED) is 0.482. The van der Waals surface area contributed by atoms with Crippen LogP contribution in [0.15, 0.2) is 23.0 Å². The summed E-state index contributed by atoms with van der Waals surface area (Å²) in [6.07, 6.45) is 5.85. The van der Waals surface area contributed by atoms with Crippen molar-refractivity contribution in [1.29, 1.82) is 0 Å². The van der Waals surface area contributed by atoms with E-state index in [4.69, 9.17) is 0 Å². The van der Waals surface area contributed by atoms with Crippen molar-refractivity contribution in [2.45, 2.75) is 65.3 Å². The van der Waals surface area contributed by atoms with E-state index in [1.54, 1.807) is 22.8 Å². The van der Waals surface area contributed by atoms with Gasteiger partial charge in [-0.1, -0.05) is 20.3 Å². The Balaban J connectivity index is 1.27. The summed E-state index contributed by atoms with van der Waals surface area (Å²) in [5.41, 5.74) is 1.09. The third-order valence-corrected chi connectivity index (χ3v) is 6.84. The number of nitrogens with zero attached hydrogens (tertiary/aromatic N) is 3. The number of benzene rings is 1. The number of fused-ring (bicyclic) bond motifs is 2. The highest BCUT2D eigenvalue weighted by atomic mass is 16.2. The largest absolute Gasteiger partial charge is 0.356 e. The first-order valence-electron chi connectivity index (χ1n) is 12.7. The van der Waals surface area contributed by atoms with Gasteiger partial charge in [-0.25, -0.2) is 4.98 Å². The maximum Gasteiger partial charge on any atom is 0.261 e. The number of nitrogens with one attached hydrogen (secondary N) is 2. The van der Waals surface area contributed by atoms with Gasteiger partial charge in [0.1, 0.15) is 12.2 Å². The highest BCUT2D eigenvalue weighted by Gasteiger charge is 2.21. The summed E-state index contributed by atoms with van der Waals surface area (Å²) < 4.78 is 1.76. The van der Waals surface area contributed by atoms with Crippen molar-refractivity contribution >= 4 is 28.4 Å². The van der Waals surface area contributed by atoms with E-state index in [1.165, 1.54) is 6.42 Å². The van der Waals surface area contributed by atoms with Crippen LogP contribution in [0, 0.1) is 11.8 Å². The Bertz CT molecular complexity index is 1090. The Morgan fingerprint density at radius 1 is 1.09 bits per heavy atom. The molecule has 4 rings (SSSR count). The van der Waals surface area contributed by atoms with Crippen LogP contribution < -0.4 is 16.2 Å². The Morgan fingerprint density at radius 3 is 2.68 bits per heavy atom. The number of hydrogen-bond donors (Lipinski definition) is 2. The molecule has 2 N–H and O–H groups in total. The Hall–Kier alpha value is -2.74. The van der Waals surface area contributed by atoms with Crippen LogP contribution in [0.25, 0.3) is 10.9 Å². The molecule has 2 aliphatic rings. The van der Waals surface area contributed by atoms with Crippen molar-refractivity contribution in [2.24, 2.45) is 11.8 Å². The highest BCUT2D eigenvalue weighted by Crippen LogP contribution is 2.21. The summed E-state index contributed by atoms with van der Waals surface area (Å²) in [7, 11) is 0. The lowest BCUT2D eigenvalue weighted by Crippen LogP contribution is -2.40. The third-order valence-electron chi connectivity index (χ3n) is 6.84. The SMILES string of the molecule is C[C@@H]1C[C@H](C)CN(CCCNC(=O)CC(=O)Nc2ccc3nc4n(c(=O)c3c2)CCCCC4)C1. The second kappa shape index (κ2) is 11.1. The van der Waals surface area contributed by atoms with Crippen LogP contribution in [-0.2, 0) is 22.6 Å². The van der Waals surface area contributed by atoms with E-state index in [2.05, 4.69) is 34.4 Å². The predicted octanol–water partition coefficient (Wildman–Crippen LogP) is 2.94. The summed E-state index contributed by atoms with van der Waals surface area (Å²) in [4.78, 5) is 44.7. The van der Waals surface area contributed by atoms with E-state index >= 15 is 0 Å². The number of aromatic nitrogens is 2. The zero-order chi connectivity index (χ0) is 24.1. The number of likely N-dealkylation sites (tertiary alicyclic amines) is 1. The van der Waals surface area contributed by atoms with Gasteiger partial charge in [0.15, 0.2) is 0 Å². The van der Waals surface area contributed by atoms with Crippen LogP contribution in [0.2, 0.25) is 0 Å². The van der Waals surface area contributed by atoms with Crippen LogP contribution in [0.5, 0.6) is 0 Å². The van der Waals surface area contributed by atoms with E-state index < -0.39 is 5.91 Å². The van der Waals surface area contributed by atoms with Gasteiger partial charge in [-0.05, 0) is 62.3 Å². The number of aryl methyl sites for hydroxylation is 1. The topological polar surface area (TPSA) is 96.3 Å². The van der Waals surface area contributed by atoms with Gasteiger partial charge in [0.25, 0.3) is 5.56 Å². The average molecular weight is 468 g/mol. The molecule has 1 saturated heterocycles. The van der Waals surface area contributed by atoms with Gasteiger partial charge in [0.2, 0.25) is 11.8 Å². The Labute approximate surface area is 201 Å². The summed E-state index contributed by atoms with van der Waals surface area (Å²) in [6.45, 7) is 9.04. The molecular formula is C26H37N5O3. The molecule has 0 unspecified atom stereocenters. The Morgan fingerprint density at radius 2 is 1.88 bits per heavy atom. The molecule has 8 nitrogen and oxygen atoms in total. The van der Waals surface area contributed by atoms with E-state index in [9.17, 15) is 14.4 Å². The van der Waals surface area contributed by atoms with Crippen LogP contribution in [0.1, 0.15) is 58.2 Å². The molecule has 0 saturated carbocycles. The van der Waals surface area contributed by atoms with Crippen molar-refractivity contribution in [1.82, 2.24) is 19.8 Å². The normalized spacial score (nSPS) is 21.0. The molecular weight excluding hydrogens is 430 g/mol. The first kappa shape index (κ1) is 24.4. The zero-order valence-electron chi connectivity index (χ0n) is 20.4. The van der Waals surface area contributed by atoms with Crippen LogP contribution in [0.3, 0.4) is 0 Å². The van der Waals surface area contributed by atoms with Gasteiger partial charge in [-0.15, -0.1) is 0 Å². The van der Waals surface area contributed by atoms with Crippen LogP contribution in [0.4, 0.5) is 5.69 Å². The van der Waals surface area contributed by atoms with Crippen molar-refractivity contribution in [3.63, 3.8) is 0 Å². The molecule has 0 bridgehead atoms. The highest BCUT2D eigenvalue weighted by molar-refractivity contribution is 6.04. The molecule has 2 amide bonds. The summed E-state index contributed by atoms with van der Waals surface area (Å²) in [5.74, 6) is 1.61. The number of carbonyl (C=O) groups excluding carboxylic acids is 2. The minimum atomic E-state index is -0.390. The third kappa shape index (κ3) is 6.23. The van der Waals surface area contributed by atoms with Gasteiger partial charge in [-0.2, -0.15) is 0 Å². The number of carbonyl (C=O) groups is 2. The van der Waals surface area contributed by atoms with Crippen molar-refractivity contribution < 1.29 is 9.59 Å². The van der Waals surface area contributed by atoms with Crippen molar-refractivity contribution in [2.75, 3.05) is 31.5 Å². The van der Waals surface area contributed by atoms with E-state index in [0.29, 0.717) is 29.7 Å². The number of anilines is 1. The molecule has 1 fully saturated rings. The minimum Gasteiger partial charge on any atom is -0.356 e. The van der Waals surface area contributed by atoms with Gasteiger partial charge in [0.05, 0.1) is 10.9 Å². The fraction of sp³-hybridized carbons (Fsp3) is 0.615. The number of amides is 2. The zero-order valence-corrected chi connectivity index (χ0v) is 20.4. The van der Waals surface area contributed by atoms with E-state index in [-0.39, 0.29) is 17.9 Å². The molecule has 2 atom stereocenters. The molecule has 0 radical (unpaired) electrons. The fourth-order valence-corrected chi connectivity index (χ4v) is 5.41. The Kier molecular flexibility index (Phi) is 7.98. The monoisotopic (exact) mass is 467 g/mol. The van der Waals surface area contributed by atoms with Crippen LogP contribution in [-0.4, -0.2) is 52.4 Å². The molecule has 1 aromatic carbocycles. The van der Waals surface area contributed by atoms with Gasteiger partial charge < -0.3 is 15.5 Å². The molecule has 0 spiro atoms. The van der Waals surface area contributed by atoms with Crippen molar-refractivity contribution in [3.05, 3.63) is 34.4 Å². The molecule has 34 heavy (non-hydrogen) atoms. The fourth-order valence-electron chi connectivity index (χ4n) is 5.41. The molecule has 2 aromatic rings. The smallest absolute Gasteiger partial charge is 0.261 e. The molecule has 8 heteroatoms. The number of piperidine rings is 1. The summed E-state index contributed by atoms with van der Waals surface area (Å²) in [5, 5.41) is 6.10. The average Bonchev–Trinajstić information content (AvgIpc) is 3.02. The minimum absolute atomic E-state index is 0.0618. The number of rotatable bonds is 7. The van der Waals surface area contributed by atoms with Gasteiger partial charge >= 0.3 is 0 Å². The lowest BCUT2D eigenvalue weighted by Gasteiger charge is -2.34. The second-order valence-corrected chi connectivity index (χ2v) is 10.2. The van der Waals surface area contributed by atoms with E-state index in [1.807, 2.05) is 0 Å².